The van der Waals surface area contributed by atoms with Crippen molar-refractivity contribution in [1.29, 1.82) is 0 Å². The molecule has 0 saturated carbocycles. The Kier molecular flexibility index (Phi) is 5.64. The zero-order valence-corrected chi connectivity index (χ0v) is 18.8. The fraction of sp³-hybridized carbons (Fsp3) is 0.292. The number of aromatic nitrogens is 2. The Morgan fingerprint density at radius 1 is 1.24 bits per heavy atom. The molecule has 33 heavy (non-hydrogen) atoms. The van der Waals surface area contributed by atoms with Crippen molar-refractivity contribution in [3.63, 3.8) is 0 Å². The number of fused-ring (bicyclic) bond motifs is 2. The van der Waals surface area contributed by atoms with Crippen LogP contribution in [0, 0.1) is 5.82 Å². The van der Waals surface area contributed by atoms with Gasteiger partial charge in [0.1, 0.15) is 11.4 Å². The van der Waals surface area contributed by atoms with E-state index in [1.807, 2.05) is 18.2 Å². The van der Waals surface area contributed by atoms with Crippen molar-refractivity contribution in [3.8, 4) is 5.69 Å². The molecule has 5 rings (SSSR count). The molecule has 9 heteroatoms. The van der Waals surface area contributed by atoms with Crippen LogP contribution in [0.25, 0.3) is 5.69 Å². The standard InChI is InChI=1S/C24H22ClFN4O3/c1-2-33-24(32)21-17-9-11-29(16-7-6-14-8-10-27-13-15(14)12-16)23(31)22(17)30(28-21)19-5-3-4-18(25)20(19)26/h3-7,12,27H,2,8-11,13H2,1H3. The fourth-order valence-electron chi connectivity index (χ4n) is 4.43. The highest BCUT2D eigenvalue weighted by molar-refractivity contribution is 6.30. The number of nitrogens with one attached hydrogen (secondary N) is 1. The van der Waals surface area contributed by atoms with Gasteiger partial charge < -0.3 is 15.0 Å². The zero-order valence-electron chi connectivity index (χ0n) is 18.0. The second-order valence-electron chi connectivity index (χ2n) is 7.97. The number of rotatable bonds is 4. The maximum absolute atomic E-state index is 14.9. The minimum Gasteiger partial charge on any atom is -0.461 e. The molecule has 3 aromatic rings. The van der Waals surface area contributed by atoms with E-state index in [9.17, 15) is 14.0 Å². The molecule has 1 N–H and O–H groups in total. The van der Waals surface area contributed by atoms with Crippen molar-refractivity contribution in [2.24, 2.45) is 0 Å². The number of hydrogen-bond acceptors (Lipinski definition) is 5. The average Bonchev–Trinajstić information content (AvgIpc) is 3.21. The van der Waals surface area contributed by atoms with E-state index in [0.29, 0.717) is 18.5 Å². The Morgan fingerprint density at radius 2 is 2.09 bits per heavy atom. The molecular formula is C24H22ClFN4O3. The van der Waals surface area contributed by atoms with Crippen LogP contribution in [0.2, 0.25) is 5.02 Å². The molecule has 170 valence electrons. The number of anilines is 1. The van der Waals surface area contributed by atoms with Gasteiger partial charge in [0.15, 0.2) is 11.5 Å². The first-order valence-corrected chi connectivity index (χ1v) is 11.2. The van der Waals surface area contributed by atoms with E-state index in [2.05, 4.69) is 10.4 Å². The van der Waals surface area contributed by atoms with E-state index in [1.54, 1.807) is 17.9 Å². The summed E-state index contributed by atoms with van der Waals surface area (Å²) in [6.45, 7) is 3.90. The molecule has 0 atom stereocenters. The first kappa shape index (κ1) is 21.6. The van der Waals surface area contributed by atoms with Crippen molar-refractivity contribution in [1.82, 2.24) is 15.1 Å². The third-order valence-corrected chi connectivity index (χ3v) is 6.32. The van der Waals surface area contributed by atoms with Gasteiger partial charge in [-0.25, -0.2) is 13.9 Å². The first-order chi connectivity index (χ1) is 16.0. The number of nitrogens with zero attached hydrogens (tertiary/aromatic N) is 3. The summed E-state index contributed by atoms with van der Waals surface area (Å²) in [5.41, 5.74) is 3.78. The third kappa shape index (κ3) is 3.69. The molecule has 0 unspecified atom stereocenters. The lowest BCUT2D eigenvalue weighted by Gasteiger charge is -2.29. The normalized spacial score (nSPS) is 15.2. The topological polar surface area (TPSA) is 76.5 Å². The number of esters is 1. The van der Waals surface area contributed by atoms with Crippen LogP contribution in [-0.4, -0.2) is 41.4 Å². The second kappa shape index (κ2) is 8.61. The van der Waals surface area contributed by atoms with E-state index in [-0.39, 0.29) is 34.6 Å². The number of benzene rings is 2. The lowest BCUT2D eigenvalue weighted by atomic mass is 9.98. The molecule has 2 aliphatic heterocycles. The van der Waals surface area contributed by atoms with Gasteiger partial charge in [-0.15, -0.1) is 0 Å². The van der Waals surface area contributed by atoms with Crippen LogP contribution in [0.1, 0.15) is 44.6 Å². The summed E-state index contributed by atoms with van der Waals surface area (Å²) in [5, 5.41) is 7.56. The van der Waals surface area contributed by atoms with Crippen LogP contribution in [-0.2, 0) is 24.1 Å². The van der Waals surface area contributed by atoms with Crippen molar-refractivity contribution in [2.45, 2.75) is 26.3 Å². The number of carbonyl (C=O) groups is 2. The quantitative estimate of drug-likeness (QED) is 0.591. The SMILES string of the molecule is CCOC(=O)c1nn(-c2cccc(Cl)c2F)c2c1CCN(c1ccc3c(c1)CNCC3)C2=O. The Morgan fingerprint density at radius 3 is 2.91 bits per heavy atom. The highest BCUT2D eigenvalue weighted by Gasteiger charge is 2.36. The summed E-state index contributed by atoms with van der Waals surface area (Å²) >= 11 is 5.99. The van der Waals surface area contributed by atoms with E-state index in [1.165, 1.54) is 22.4 Å². The molecule has 1 aromatic heterocycles. The summed E-state index contributed by atoms with van der Waals surface area (Å²) < 4.78 is 21.2. The van der Waals surface area contributed by atoms with Gasteiger partial charge in [0.05, 0.1) is 11.6 Å². The largest absolute Gasteiger partial charge is 0.461 e. The van der Waals surface area contributed by atoms with Crippen LogP contribution >= 0.6 is 11.6 Å². The van der Waals surface area contributed by atoms with Crippen molar-refractivity contribution >= 4 is 29.2 Å². The Hall–Kier alpha value is -3.23. The summed E-state index contributed by atoms with van der Waals surface area (Å²) in [7, 11) is 0. The maximum Gasteiger partial charge on any atom is 0.359 e. The van der Waals surface area contributed by atoms with Gasteiger partial charge in [0.25, 0.3) is 5.91 Å². The lowest BCUT2D eigenvalue weighted by molar-refractivity contribution is 0.0517. The lowest BCUT2D eigenvalue weighted by Crippen LogP contribution is -2.39. The van der Waals surface area contributed by atoms with Crippen LogP contribution in [0.3, 0.4) is 0 Å². The minimum atomic E-state index is -0.718. The van der Waals surface area contributed by atoms with Crippen LogP contribution in [0.5, 0.6) is 0 Å². The summed E-state index contributed by atoms with van der Waals surface area (Å²) in [6.07, 6.45) is 1.32. The van der Waals surface area contributed by atoms with E-state index >= 15 is 0 Å². The van der Waals surface area contributed by atoms with Gasteiger partial charge in [-0.2, -0.15) is 5.10 Å². The van der Waals surface area contributed by atoms with Gasteiger partial charge >= 0.3 is 5.97 Å². The zero-order chi connectivity index (χ0) is 23.1. The highest BCUT2D eigenvalue weighted by atomic mass is 35.5. The molecule has 0 bridgehead atoms. The number of halogens is 2. The highest BCUT2D eigenvalue weighted by Crippen LogP contribution is 2.32. The molecule has 0 saturated heterocycles. The third-order valence-electron chi connectivity index (χ3n) is 6.03. The van der Waals surface area contributed by atoms with Crippen molar-refractivity contribution < 1.29 is 18.7 Å². The summed E-state index contributed by atoms with van der Waals surface area (Å²) in [4.78, 5) is 27.9. The van der Waals surface area contributed by atoms with Gasteiger partial charge in [-0.1, -0.05) is 23.7 Å². The Labute approximate surface area is 195 Å². The van der Waals surface area contributed by atoms with Crippen LogP contribution in [0.15, 0.2) is 36.4 Å². The molecular weight excluding hydrogens is 447 g/mol. The predicted octanol–water partition coefficient (Wildman–Crippen LogP) is 3.69. The van der Waals surface area contributed by atoms with Gasteiger partial charge in [0.2, 0.25) is 0 Å². The van der Waals surface area contributed by atoms with Gasteiger partial charge in [-0.05, 0) is 61.7 Å². The number of carbonyl (C=O) groups excluding carboxylic acids is 2. The smallest absolute Gasteiger partial charge is 0.359 e. The van der Waals surface area contributed by atoms with Gasteiger partial charge in [0, 0.05) is 24.3 Å². The van der Waals surface area contributed by atoms with Crippen molar-refractivity contribution in [2.75, 3.05) is 24.6 Å². The first-order valence-electron chi connectivity index (χ1n) is 10.9. The second-order valence-corrected chi connectivity index (χ2v) is 8.37. The average molecular weight is 469 g/mol. The molecule has 0 aliphatic carbocycles. The van der Waals surface area contributed by atoms with Crippen molar-refractivity contribution in [3.05, 3.63) is 75.3 Å². The molecule has 0 spiro atoms. The minimum absolute atomic E-state index is 0.000797. The molecule has 0 radical (unpaired) electrons. The van der Waals surface area contributed by atoms with E-state index < -0.39 is 11.8 Å². The summed E-state index contributed by atoms with van der Waals surface area (Å²) in [6, 6.07) is 10.4. The van der Waals surface area contributed by atoms with E-state index in [0.717, 1.165) is 30.8 Å². The Bertz CT molecular complexity index is 1270. The maximum atomic E-state index is 14.9. The van der Waals surface area contributed by atoms with E-state index in [4.69, 9.17) is 16.3 Å². The van der Waals surface area contributed by atoms with Crippen LogP contribution in [0.4, 0.5) is 10.1 Å². The molecule has 1 amide bonds. The van der Waals surface area contributed by atoms with Gasteiger partial charge in [-0.3, -0.25) is 4.79 Å². The molecule has 7 nitrogen and oxygen atoms in total. The number of amides is 1. The molecule has 0 fully saturated rings. The molecule has 2 aromatic carbocycles. The summed E-state index contributed by atoms with van der Waals surface area (Å²) in [5.74, 6) is -1.72. The number of ether oxygens (including phenoxy) is 1. The number of hydrogen-bond donors (Lipinski definition) is 1. The fourth-order valence-corrected chi connectivity index (χ4v) is 4.60. The Balaban J connectivity index is 1.63. The predicted molar refractivity (Wildman–Crippen MR) is 122 cm³/mol. The van der Waals surface area contributed by atoms with Crippen LogP contribution < -0.4 is 10.2 Å². The molecule has 3 heterocycles. The monoisotopic (exact) mass is 468 g/mol. The molecule has 2 aliphatic rings.